The number of thiophene rings is 1. The molecule has 0 saturated heterocycles. The Morgan fingerprint density at radius 1 is 1.19 bits per heavy atom. The van der Waals surface area contributed by atoms with Crippen LogP contribution in [-0.2, 0) is 17.8 Å². The summed E-state index contributed by atoms with van der Waals surface area (Å²) in [5.41, 5.74) is 2.19. The zero-order chi connectivity index (χ0) is 22.5. The molecule has 2 aromatic heterocycles. The van der Waals surface area contributed by atoms with Crippen LogP contribution in [0.4, 0.5) is 5.69 Å². The second kappa shape index (κ2) is 10.0. The smallest absolute Gasteiger partial charge is 0.262 e. The molecular formula is C24H23N3O3S2. The maximum atomic E-state index is 13.2. The lowest BCUT2D eigenvalue weighted by Gasteiger charge is -2.14. The van der Waals surface area contributed by atoms with Crippen LogP contribution < -0.4 is 15.6 Å². The maximum Gasteiger partial charge on any atom is 0.262 e. The van der Waals surface area contributed by atoms with E-state index in [1.54, 1.807) is 29.1 Å². The van der Waals surface area contributed by atoms with Crippen molar-refractivity contribution in [3.63, 3.8) is 0 Å². The second-order valence-corrected chi connectivity index (χ2v) is 9.21. The molecule has 1 N–H and O–H groups in total. The fourth-order valence-electron chi connectivity index (χ4n) is 3.37. The highest BCUT2D eigenvalue weighted by Crippen LogP contribution is 2.26. The number of carbonyl (C=O) groups is 1. The molecule has 2 heterocycles. The van der Waals surface area contributed by atoms with Crippen LogP contribution in [0.1, 0.15) is 10.4 Å². The van der Waals surface area contributed by atoms with E-state index in [1.807, 2.05) is 54.8 Å². The Hall–Kier alpha value is -3.10. The Bertz CT molecular complexity index is 1300. The molecule has 0 aliphatic heterocycles. The minimum atomic E-state index is -0.189. The zero-order valence-corrected chi connectivity index (χ0v) is 19.5. The minimum absolute atomic E-state index is 0.0876. The average molecular weight is 466 g/mol. The predicted octanol–water partition coefficient (Wildman–Crippen LogP) is 4.75. The summed E-state index contributed by atoms with van der Waals surface area (Å²) in [4.78, 5) is 31.7. The van der Waals surface area contributed by atoms with E-state index in [0.717, 1.165) is 12.0 Å². The number of ether oxygens (including phenoxy) is 1. The molecule has 0 aliphatic carbocycles. The van der Waals surface area contributed by atoms with Gasteiger partial charge in [-0.1, -0.05) is 36.0 Å². The van der Waals surface area contributed by atoms with E-state index in [0.29, 0.717) is 34.0 Å². The van der Waals surface area contributed by atoms with Crippen LogP contribution in [0.15, 0.2) is 69.9 Å². The van der Waals surface area contributed by atoms with Gasteiger partial charge in [-0.05, 0) is 54.6 Å². The second-order valence-electron chi connectivity index (χ2n) is 7.24. The number of hydrogen-bond donors (Lipinski definition) is 1. The number of hydrogen-bond acceptors (Lipinski definition) is 6. The van der Waals surface area contributed by atoms with Crippen LogP contribution in [0, 0.1) is 6.92 Å². The number of amides is 1. The van der Waals surface area contributed by atoms with Crippen molar-refractivity contribution in [2.45, 2.75) is 25.0 Å². The molecule has 0 fully saturated rings. The summed E-state index contributed by atoms with van der Waals surface area (Å²) < 4.78 is 7.01. The molecule has 32 heavy (non-hydrogen) atoms. The number of para-hydroxylation sites is 1. The standard InChI is InChI=1S/C24H23N3O3S2/c1-16-9-10-21(30-2)20(14-16)25-22(28)15-32-24-26-19-8-4-3-7-18(19)23(29)27(24)12-11-17-6-5-13-31-17/h3-10,13-14H,11-12,15H2,1-2H3,(H,25,28). The van der Waals surface area contributed by atoms with Crippen molar-refractivity contribution in [1.82, 2.24) is 9.55 Å². The summed E-state index contributed by atoms with van der Waals surface area (Å²) in [5.74, 6) is 0.540. The molecule has 6 nitrogen and oxygen atoms in total. The monoisotopic (exact) mass is 465 g/mol. The van der Waals surface area contributed by atoms with Gasteiger partial charge in [-0.25, -0.2) is 4.98 Å². The number of aromatic nitrogens is 2. The molecule has 2 aromatic carbocycles. The van der Waals surface area contributed by atoms with Gasteiger partial charge in [0.25, 0.3) is 5.56 Å². The molecule has 4 aromatic rings. The van der Waals surface area contributed by atoms with Crippen molar-refractivity contribution >= 4 is 45.6 Å². The first-order chi connectivity index (χ1) is 15.5. The van der Waals surface area contributed by atoms with Crippen LogP contribution in [-0.4, -0.2) is 28.3 Å². The summed E-state index contributed by atoms with van der Waals surface area (Å²) in [6, 6.07) is 17.0. The van der Waals surface area contributed by atoms with Crippen molar-refractivity contribution in [2.24, 2.45) is 0 Å². The molecular weight excluding hydrogens is 442 g/mol. The highest BCUT2D eigenvalue weighted by molar-refractivity contribution is 7.99. The number of methoxy groups -OCH3 is 1. The van der Waals surface area contributed by atoms with Crippen LogP contribution >= 0.6 is 23.1 Å². The number of benzene rings is 2. The zero-order valence-electron chi connectivity index (χ0n) is 17.8. The summed E-state index contributed by atoms with van der Waals surface area (Å²) in [5, 5.41) is 6.04. The first-order valence-electron chi connectivity index (χ1n) is 10.1. The Balaban J connectivity index is 1.56. The van der Waals surface area contributed by atoms with Crippen LogP contribution in [0.25, 0.3) is 10.9 Å². The van der Waals surface area contributed by atoms with Crippen molar-refractivity contribution in [3.8, 4) is 5.75 Å². The van der Waals surface area contributed by atoms with Crippen LogP contribution in [0.5, 0.6) is 5.75 Å². The fourth-order valence-corrected chi connectivity index (χ4v) is 4.89. The highest BCUT2D eigenvalue weighted by Gasteiger charge is 2.15. The maximum absolute atomic E-state index is 13.2. The van der Waals surface area contributed by atoms with Gasteiger partial charge in [-0.15, -0.1) is 11.3 Å². The lowest BCUT2D eigenvalue weighted by Crippen LogP contribution is -2.25. The molecule has 0 atom stereocenters. The molecule has 0 bridgehead atoms. The Morgan fingerprint density at radius 3 is 2.81 bits per heavy atom. The fraction of sp³-hybridized carbons (Fsp3) is 0.208. The molecule has 0 spiro atoms. The topological polar surface area (TPSA) is 73.2 Å². The number of carbonyl (C=O) groups excluding carboxylic acids is 1. The SMILES string of the molecule is COc1ccc(C)cc1NC(=O)CSc1nc2ccccc2c(=O)n1CCc1cccs1. The van der Waals surface area contributed by atoms with E-state index < -0.39 is 0 Å². The van der Waals surface area contributed by atoms with Gasteiger partial charge in [0.05, 0.1) is 29.5 Å². The molecule has 8 heteroatoms. The van der Waals surface area contributed by atoms with E-state index in [4.69, 9.17) is 4.74 Å². The highest BCUT2D eigenvalue weighted by atomic mass is 32.2. The third-order valence-electron chi connectivity index (χ3n) is 4.95. The molecule has 164 valence electrons. The van der Waals surface area contributed by atoms with Gasteiger partial charge in [0.2, 0.25) is 5.91 Å². The molecule has 0 aliphatic rings. The van der Waals surface area contributed by atoms with E-state index in [-0.39, 0.29) is 17.2 Å². The van der Waals surface area contributed by atoms with Crippen LogP contribution in [0.3, 0.4) is 0 Å². The van der Waals surface area contributed by atoms with E-state index in [2.05, 4.69) is 16.4 Å². The molecule has 4 rings (SSSR count). The predicted molar refractivity (Wildman–Crippen MR) is 131 cm³/mol. The number of nitrogens with one attached hydrogen (secondary N) is 1. The third kappa shape index (κ3) is 5.03. The lowest BCUT2D eigenvalue weighted by atomic mass is 10.2. The largest absolute Gasteiger partial charge is 0.495 e. The third-order valence-corrected chi connectivity index (χ3v) is 6.86. The number of nitrogens with zero attached hydrogens (tertiary/aromatic N) is 2. The summed E-state index contributed by atoms with van der Waals surface area (Å²) >= 11 is 2.92. The van der Waals surface area contributed by atoms with Gasteiger partial charge >= 0.3 is 0 Å². The normalized spacial score (nSPS) is 10.9. The van der Waals surface area contributed by atoms with Gasteiger partial charge in [0.15, 0.2) is 5.16 Å². The van der Waals surface area contributed by atoms with Crippen molar-refractivity contribution < 1.29 is 9.53 Å². The summed E-state index contributed by atoms with van der Waals surface area (Å²) in [6.07, 6.45) is 0.734. The number of fused-ring (bicyclic) bond motifs is 1. The minimum Gasteiger partial charge on any atom is -0.495 e. The summed E-state index contributed by atoms with van der Waals surface area (Å²) in [6.45, 7) is 2.46. The van der Waals surface area contributed by atoms with Gasteiger partial charge in [0, 0.05) is 11.4 Å². The lowest BCUT2D eigenvalue weighted by molar-refractivity contribution is -0.113. The van der Waals surface area contributed by atoms with E-state index >= 15 is 0 Å². The first-order valence-corrected chi connectivity index (χ1v) is 12.0. The number of aryl methyl sites for hydroxylation is 2. The Labute approximate surface area is 194 Å². The van der Waals surface area contributed by atoms with Gasteiger partial charge in [-0.2, -0.15) is 0 Å². The van der Waals surface area contributed by atoms with Gasteiger partial charge in [0.1, 0.15) is 5.75 Å². The molecule has 1 amide bonds. The van der Waals surface area contributed by atoms with E-state index in [1.165, 1.54) is 16.6 Å². The van der Waals surface area contributed by atoms with Gasteiger partial charge in [-0.3, -0.25) is 14.2 Å². The van der Waals surface area contributed by atoms with Gasteiger partial charge < -0.3 is 10.1 Å². The number of thioether (sulfide) groups is 1. The molecule has 0 saturated carbocycles. The van der Waals surface area contributed by atoms with Crippen LogP contribution in [0.2, 0.25) is 0 Å². The Morgan fingerprint density at radius 2 is 2.03 bits per heavy atom. The molecule has 0 unspecified atom stereocenters. The first kappa shape index (κ1) is 22.1. The van der Waals surface area contributed by atoms with E-state index in [9.17, 15) is 9.59 Å². The summed E-state index contributed by atoms with van der Waals surface area (Å²) in [7, 11) is 1.57. The molecule has 0 radical (unpaired) electrons. The Kier molecular flexibility index (Phi) is 6.92. The quantitative estimate of drug-likeness (QED) is 0.300. The number of rotatable bonds is 8. The number of anilines is 1. The van der Waals surface area contributed by atoms with Crippen molar-refractivity contribution in [1.29, 1.82) is 0 Å². The average Bonchev–Trinajstić information content (AvgIpc) is 3.31. The van der Waals surface area contributed by atoms with Crippen molar-refractivity contribution in [3.05, 3.63) is 80.8 Å². The van der Waals surface area contributed by atoms with Crippen molar-refractivity contribution in [2.75, 3.05) is 18.2 Å².